The lowest BCUT2D eigenvalue weighted by Gasteiger charge is -2.31. The smallest absolute Gasteiger partial charge is 0.225 e. The van der Waals surface area contributed by atoms with Gasteiger partial charge in [-0.1, -0.05) is 62.4 Å². The van der Waals surface area contributed by atoms with Crippen molar-refractivity contribution in [1.29, 1.82) is 0 Å². The fraction of sp³-hybridized carbons (Fsp3) is 0.360. The SMILES string of the molecule is CC(C)c1cc(N2CCc3cc([C@H](C)O)ccc3C2)nc(NCc2ccccc2)n1. The minimum atomic E-state index is -0.429. The summed E-state index contributed by atoms with van der Waals surface area (Å²) in [6.45, 7) is 8.57. The predicted octanol–water partition coefficient (Wildman–Crippen LogP) is 4.83. The number of aromatic nitrogens is 2. The van der Waals surface area contributed by atoms with Gasteiger partial charge >= 0.3 is 0 Å². The Morgan fingerprint density at radius 3 is 2.53 bits per heavy atom. The summed E-state index contributed by atoms with van der Waals surface area (Å²) in [5.41, 5.74) is 5.86. The molecule has 4 rings (SSSR count). The number of hydrogen-bond acceptors (Lipinski definition) is 5. The van der Waals surface area contributed by atoms with Crippen molar-refractivity contribution in [2.45, 2.75) is 52.3 Å². The molecule has 0 fully saturated rings. The Morgan fingerprint density at radius 1 is 1.00 bits per heavy atom. The molecule has 2 aromatic carbocycles. The summed E-state index contributed by atoms with van der Waals surface area (Å²) in [5.74, 6) is 1.97. The molecule has 2 N–H and O–H groups in total. The van der Waals surface area contributed by atoms with Gasteiger partial charge in [0.2, 0.25) is 5.95 Å². The van der Waals surface area contributed by atoms with E-state index in [0.717, 1.165) is 36.6 Å². The third-order valence-electron chi connectivity index (χ3n) is 5.67. The van der Waals surface area contributed by atoms with Gasteiger partial charge in [0.05, 0.1) is 11.8 Å². The Hall–Kier alpha value is -2.92. The highest BCUT2D eigenvalue weighted by Crippen LogP contribution is 2.28. The van der Waals surface area contributed by atoms with Crippen LogP contribution in [0.3, 0.4) is 0 Å². The van der Waals surface area contributed by atoms with E-state index in [1.807, 2.05) is 31.2 Å². The van der Waals surface area contributed by atoms with E-state index in [1.165, 1.54) is 16.7 Å². The van der Waals surface area contributed by atoms with Crippen molar-refractivity contribution in [2.75, 3.05) is 16.8 Å². The van der Waals surface area contributed by atoms with Crippen LogP contribution in [0.15, 0.2) is 54.6 Å². The highest BCUT2D eigenvalue weighted by Gasteiger charge is 2.20. The average molecular weight is 403 g/mol. The first-order valence-corrected chi connectivity index (χ1v) is 10.7. The van der Waals surface area contributed by atoms with Crippen LogP contribution in [0.1, 0.15) is 60.7 Å². The summed E-state index contributed by atoms with van der Waals surface area (Å²) in [7, 11) is 0. The second-order valence-corrected chi connectivity index (χ2v) is 8.34. The fourth-order valence-electron chi connectivity index (χ4n) is 3.79. The molecule has 0 amide bonds. The Bertz CT molecular complexity index is 1000. The van der Waals surface area contributed by atoms with Gasteiger partial charge in [-0.25, -0.2) is 4.98 Å². The zero-order valence-electron chi connectivity index (χ0n) is 18.0. The molecule has 1 aromatic heterocycles. The average Bonchev–Trinajstić information content (AvgIpc) is 2.77. The number of hydrogen-bond donors (Lipinski definition) is 2. The molecule has 2 heterocycles. The molecule has 1 aliphatic heterocycles. The van der Waals surface area contributed by atoms with E-state index in [2.05, 4.69) is 54.4 Å². The number of anilines is 2. The van der Waals surface area contributed by atoms with Gasteiger partial charge in [-0.15, -0.1) is 0 Å². The van der Waals surface area contributed by atoms with Crippen LogP contribution in [-0.4, -0.2) is 21.6 Å². The summed E-state index contributed by atoms with van der Waals surface area (Å²) in [5, 5.41) is 13.3. The number of nitrogens with zero attached hydrogens (tertiary/aromatic N) is 3. The molecular formula is C25H30N4O. The van der Waals surface area contributed by atoms with Crippen LogP contribution in [0.2, 0.25) is 0 Å². The maximum Gasteiger partial charge on any atom is 0.225 e. The van der Waals surface area contributed by atoms with Crippen molar-refractivity contribution < 1.29 is 5.11 Å². The highest BCUT2D eigenvalue weighted by molar-refractivity contribution is 5.49. The predicted molar refractivity (Wildman–Crippen MR) is 122 cm³/mol. The minimum absolute atomic E-state index is 0.328. The van der Waals surface area contributed by atoms with Crippen molar-refractivity contribution in [3.8, 4) is 0 Å². The van der Waals surface area contributed by atoms with Crippen LogP contribution in [0.5, 0.6) is 0 Å². The standard InChI is InChI=1S/C25H30N4O/c1-17(2)23-14-24(28-25(27-23)26-15-19-7-5-4-6-8-19)29-12-11-21-13-20(18(3)30)9-10-22(21)16-29/h4-10,13-14,17-18,30H,11-12,15-16H2,1-3H3,(H,26,27,28)/t18-/m0/s1. The molecule has 0 radical (unpaired) electrons. The van der Waals surface area contributed by atoms with Crippen molar-refractivity contribution in [3.05, 3.63) is 82.5 Å². The second-order valence-electron chi connectivity index (χ2n) is 8.34. The molecule has 0 bridgehead atoms. The summed E-state index contributed by atoms with van der Waals surface area (Å²) < 4.78 is 0. The molecule has 1 atom stereocenters. The fourth-order valence-corrected chi connectivity index (χ4v) is 3.79. The van der Waals surface area contributed by atoms with Gasteiger partial charge in [0, 0.05) is 25.7 Å². The van der Waals surface area contributed by atoms with E-state index in [4.69, 9.17) is 9.97 Å². The van der Waals surface area contributed by atoms with Gasteiger partial charge in [-0.2, -0.15) is 4.98 Å². The number of aliphatic hydroxyl groups excluding tert-OH is 1. The lowest BCUT2D eigenvalue weighted by Crippen LogP contribution is -2.31. The first-order valence-electron chi connectivity index (χ1n) is 10.7. The van der Waals surface area contributed by atoms with Gasteiger partial charge in [0.25, 0.3) is 0 Å². The molecule has 30 heavy (non-hydrogen) atoms. The number of rotatable bonds is 6. The first-order chi connectivity index (χ1) is 14.5. The van der Waals surface area contributed by atoms with E-state index >= 15 is 0 Å². The summed E-state index contributed by atoms with van der Waals surface area (Å²) in [6, 6.07) is 18.7. The van der Waals surface area contributed by atoms with Crippen LogP contribution in [0, 0.1) is 0 Å². The Morgan fingerprint density at radius 2 is 1.80 bits per heavy atom. The zero-order chi connectivity index (χ0) is 21.1. The minimum Gasteiger partial charge on any atom is -0.389 e. The molecule has 0 aliphatic carbocycles. The number of fused-ring (bicyclic) bond motifs is 1. The van der Waals surface area contributed by atoms with E-state index in [1.54, 1.807) is 0 Å². The molecule has 156 valence electrons. The summed E-state index contributed by atoms with van der Waals surface area (Å²) in [4.78, 5) is 11.9. The molecule has 1 aliphatic rings. The third-order valence-corrected chi connectivity index (χ3v) is 5.67. The number of nitrogens with one attached hydrogen (secondary N) is 1. The largest absolute Gasteiger partial charge is 0.389 e. The first kappa shape index (κ1) is 20.4. The van der Waals surface area contributed by atoms with Gasteiger partial charge in [-0.05, 0) is 41.5 Å². The molecule has 5 heteroatoms. The highest BCUT2D eigenvalue weighted by atomic mass is 16.3. The topological polar surface area (TPSA) is 61.3 Å². The van der Waals surface area contributed by atoms with Crippen molar-refractivity contribution >= 4 is 11.8 Å². The van der Waals surface area contributed by atoms with Crippen LogP contribution in [0.4, 0.5) is 11.8 Å². The van der Waals surface area contributed by atoms with Crippen LogP contribution >= 0.6 is 0 Å². The Balaban J connectivity index is 1.56. The van der Waals surface area contributed by atoms with Gasteiger partial charge in [0.15, 0.2) is 0 Å². The molecule has 0 saturated heterocycles. The monoisotopic (exact) mass is 402 g/mol. The van der Waals surface area contributed by atoms with Gasteiger partial charge in [0.1, 0.15) is 5.82 Å². The van der Waals surface area contributed by atoms with E-state index in [9.17, 15) is 5.11 Å². The third kappa shape index (κ3) is 4.62. The Kier molecular flexibility index (Phi) is 6.00. The summed E-state index contributed by atoms with van der Waals surface area (Å²) >= 11 is 0. The number of aliphatic hydroxyl groups is 1. The van der Waals surface area contributed by atoms with E-state index in [0.29, 0.717) is 18.4 Å². The van der Waals surface area contributed by atoms with Crippen LogP contribution in [0.25, 0.3) is 0 Å². The van der Waals surface area contributed by atoms with Gasteiger partial charge in [-0.3, -0.25) is 0 Å². The second kappa shape index (κ2) is 8.84. The lowest BCUT2D eigenvalue weighted by molar-refractivity contribution is 0.199. The normalized spacial score (nSPS) is 14.5. The maximum atomic E-state index is 9.87. The quantitative estimate of drug-likeness (QED) is 0.618. The lowest BCUT2D eigenvalue weighted by atomic mass is 9.95. The molecule has 0 spiro atoms. The van der Waals surface area contributed by atoms with Crippen molar-refractivity contribution in [2.24, 2.45) is 0 Å². The maximum absolute atomic E-state index is 9.87. The summed E-state index contributed by atoms with van der Waals surface area (Å²) in [6.07, 6.45) is 0.519. The molecular weight excluding hydrogens is 372 g/mol. The van der Waals surface area contributed by atoms with Crippen LogP contribution in [-0.2, 0) is 19.5 Å². The van der Waals surface area contributed by atoms with Crippen LogP contribution < -0.4 is 10.2 Å². The zero-order valence-corrected chi connectivity index (χ0v) is 18.0. The van der Waals surface area contributed by atoms with Crippen molar-refractivity contribution in [3.63, 3.8) is 0 Å². The Labute approximate surface area is 178 Å². The van der Waals surface area contributed by atoms with Crippen molar-refractivity contribution in [1.82, 2.24) is 9.97 Å². The molecule has 0 saturated carbocycles. The van der Waals surface area contributed by atoms with Gasteiger partial charge < -0.3 is 15.3 Å². The van der Waals surface area contributed by atoms with E-state index < -0.39 is 6.10 Å². The van der Waals surface area contributed by atoms with E-state index in [-0.39, 0.29) is 0 Å². The molecule has 0 unspecified atom stereocenters. The molecule has 3 aromatic rings. The number of benzene rings is 2. The molecule has 5 nitrogen and oxygen atoms in total.